The molecule has 142 valence electrons. The maximum absolute atomic E-state index is 8.06. The van der Waals surface area contributed by atoms with Crippen molar-refractivity contribution in [1.29, 1.82) is 0 Å². The Morgan fingerprint density at radius 2 is 1.54 bits per heavy atom. The van der Waals surface area contributed by atoms with Gasteiger partial charge in [0.25, 0.3) is 5.82 Å². The van der Waals surface area contributed by atoms with E-state index in [-0.39, 0.29) is 6.98 Å². The third-order valence-electron chi connectivity index (χ3n) is 5.94. The van der Waals surface area contributed by atoms with Crippen molar-refractivity contribution in [3.63, 3.8) is 0 Å². The van der Waals surface area contributed by atoms with Crippen LogP contribution in [0, 0.1) is 34.5 Å². The average molecular weight is 373 g/mol. The van der Waals surface area contributed by atoms with Crippen LogP contribution in [-0.2, 0) is 7.05 Å². The van der Waals surface area contributed by atoms with Crippen LogP contribution in [0.25, 0.3) is 0 Å². The zero-order valence-corrected chi connectivity index (χ0v) is 17.5. The van der Waals surface area contributed by atoms with E-state index in [1.165, 1.54) is 16.6 Å². The van der Waals surface area contributed by atoms with Gasteiger partial charge in [0.15, 0.2) is 0 Å². The van der Waals surface area contributed by atoms with Crippen molar-refractivity contribution in [1.82, 2.24) is 0 Å². The lowest BCUT2D eigenvalue weighted by Gasteiger charge is -2.24. The second-order valence-corrected chi connectivity index (χ2v) is 7.94. The predicted molar refractivity (Wildman–Crippen MR) is 120 cm³/mol. The molecule has 0 fully saturated rings. The van der Waals surface area contributed by atoms with Crippen molar-refractivity contribution in [2.75, 3.05) is 16.7 Å². The van der Waals surface area contributed by atoms with E-state index in [9.17, 15) is 0 Å². The molecule has 1 aliphatic heterocycles. The summed E-state index contributed by atoms with van der Waals surface area (Å²) in [4.78, 5) is 4.60. The highest BCUT2D eigenvalue weighted by molar-refractivity contribution is 6.83. The van der Waals surface area contributed by atoms with Crippen LogP contribution < -0.4 is 19.7 Å². The lowest BCUT2D eigenvalue weighted by Crippen LogP contribution is -2.57. The van der Waals surface area contributed by atoms with E-state index in [4.69, 9.17) is 4.11 Å². The SMILES string of the molecule is [2H]C([2H])([2H])c1cc(N2B(c3c(C)cccc3C)N(C)c3cccc(C)c32)[n+](C)cc1C. The molecule has 0 spiro atoms. The van der Waals surface area contributed by atoms with Crippen molar-refractivity contribution in [2.45, 2.75) is 34.5 Å². The molecule has 0 aliphatic carbocycles. The lowest BCUT2D eigenvalue weighted by atomic mass is 9.62. The lowest BCUT2D eigenvalue weighted by molar-refractivity contribution is -0.658. The van der Waals surface area contributed by atoms with E-state index in [2.05, 4.69) is 73.8 Å². The smallest absolute Gasteiger partial charge is 0.369 e. The normalized spacial score (nSPS) is 15.4. The van der Waals surface area contributed by atoms with E-state index in [1.54, 1.807) is 0 Å². The van der Waals surface area contributed by atoms with Crippen LogP contribution >= 0.6 is 0 Å². The van der Waals surface area contributed by atoms with Gasteiger partial charge >= 0.3 is 6.98 Å². The van der Waals surface area contributed by atoms with E-state index < -0.39 is 6.85 Å². The molecule has 0 N–H and O–H groups in total. The molecule has 0 amide bonds. The Balaban J connectivity index is 2.05. The third-order valence-corrected chi connectivity index (χ3v) is 5.94. The fourth-order valence-electron chi connectivity index (χ4n) is 4.48. The van der Waals surface area contributed by atoms with Crippen LogP contribution in [0.1, 0.15) is 31.9 Å². The molecule has 1 aliphatic rings. The van der Waals surface area contributed by atoms with Gasteiger partial charge in [0.2, 0.25) is 0 Å². The molecule has 2 aromatic carbocycles. The highest BCUT2D eigenvalue weighted by Crippen LogP contribution is 2.43. The second-order valence-electron chi connectivity index (χ2n) is 7.94. The number of aryl methyl sites for hydroxylation is 6. The van der Waals surface area contributed by atoms with Gasteiger partial charge in [0.1, 0.15) is 5.69 Å². The van der Waals surface area contributed by atoms with Gasteiger partial charge in [-0.2, -0.15) is 0 Å². The minimum Gasteiger partial charge on any atom is -0.369 e. The van der Waals surface area contributed by atoms with Gasteiger partial charge in [-0.25, -0.2) is 4.57 Å². The number of benzene rings is 2. The Morgan fingerprint density at radius 1 is 0.893 bits per heavy atom. The third kappa shape index (κ3) is 2.70. The molecule has 2 heterocycles. The number of hydrogen-bond acceptors (Lipinski definition) is 2. The molecule has 1 aromatic heterocycles. The number of hydrogen-bond donors (Lipinski definition) is 0. The fraction of sp³-hybridized carbons (Fsp3) is 0.292. The van der Waals surface area contributed by atoms with Crippen molar-refractivity contribution in [3.05, 3.63) is 76.5 Å². The molecule has 0 saturated carbocycles. The quantitative estimate of drug-likeness (QED) is 0.496. The molecular formula is C24H29BN3+. The molecule has 4 heteroatoms. The topological polar surface area (TPSA) is 10.4 Å². The Labute approximate surface area is 173 Å². The van der Waals surface area contributed by atoms with Crippen molar-refractivity contribution in [3.8, 4) is 0 Å². The van der Waals surface area contributed by atoms with Gasteiger partial charge in [0.05, 0.1) is 18.9 Å². The first-order valence-corrected chi connectivity index (χ1v) is 9.71. The summed E-state index contributed by atoms with van der Waals surface area (Å²) in [6.07, 6.45) is 1.93. The van der Waals surface area contributed by atoms with E-state index in [0.29, 0.717) is 5.56 Å². The Morgan fingerprint density at radius 3 is 2.21 bits per heavy atom. The number of rotatable bonds is 2. The summed E-state index contributed by atoms with van der Waals surface area (Å²) in [5.74, 6) is 0.865. The number of pyridine rings is 1. The van der Waals surface area contributed by atoms with E-state index in [0.717, 1.165) is 28.3 Å². The van der Waals surface area contributed by atoms with E-state index in [1.807, 2.05) is 30.8 Å². The molecule has 0 radical (unpaired) electrons. The van der Waals surface area contributed by atoms with Crippen molar-refractivity contribution < 1.29 is 8.68 Å². The van der Waals surface area contributed by atoms with Crippen LogP contribution in [0.3, 0.4) is 0 Å². The number of nitrogens with zero attached hydrogens (tertiary/aromatic N) is 3. The average Bonchev–Trinajstić information content (AvgIpc) is 2.95. The highest BCUT2D eigenvalue weighted by atomic mass is 15.3. The van der Waals surface area contributed by atoms with Gasteiger partial charge in [-0.15, -0.1) is 0 Å². The van der Waals surface area contributed by atoms with Crippen LogP contribution in [0.4, 0.5) is 17.2 Å². The minimum absolute atomic E-state index is 0.0735. The zero-order valence-electron chi connectivity index (χ0n) is 20.5. The van der Waals surface area contributed by atoms with Gasteiger partial charge in [-0.3, -0.25) is 4.81 Å². The van der Waals surface area contributed by atoms with Gasteiger partial charge < -0.3 is 4.81 Å². The molecular weight excluding hydrogens is 341 g/mol. The van der Waals surface area contributed by atoms with Crippen molar-refractivity contribution >= 4 is 29.6 Å². The monoisotopic (exact) mass is 373 g/mol. The Bertz CT molecular complexity index is 1150. The summed E-state index contributed by atoms with van der Waals surface area (Å²) in [7, 11) is 4.11. The Kier molecular flexibility index (Phi) is 3.64. The first-order valence-electron chi connectivity index (χ1n) is 11.2. The summed E-state index contributed by atoms with van der Waals surface area (Å²) < 4.78 is 26.2. The van der Waals surface area contributed by atoms with Crippen LogP contribution in [0.2, 0.25) is 0 Å². The second kappa shape index (κ2) is 6.70. The molecule has 28 heavy (non-hydrogen) atoms. The summed E-state index contributed by atoms with van der Waals surface area (Å²) in [6.45, 7) is 6.03. The maximum Gasteiger partial charge on any atom is 0.538 e. The molecule has 0 unspecified atom stereocenters. The number of para-hydroxylation sites is 1. The highest BCUT2D eigenvalue weighted by Gasteiger charge is 2.50. The summed E-state index contributed by atoms with van der Waals surface area (Å²) in [6, 6.07) is 14.6. The first kappa shape index (κ1) is 15.2. The largest absolute Gasteiger partial charge is 0.538 e. The minimum atomic E-state index is -2.17. The molecule has 3 nitrogen and oxygen atoms in total. The zero-order chi connectivity index (χ0) is 22.7. The summed E-state index contributed by atoms with van der Waals surface area (Å²) in [5.41, 5.74) is 8.28. The molecule has 0 saturated heterocycles. The first-order chi connectivity index (χ1) is 14.5. The molecule has 0 atom stereocenters. The van der Waals surface area contributed by atoms with Crippen LogP contribution in [0.5, 0.6) is 0 Å². The van der Waals surface area contributed by atoms with Gasteiger partial charge in [0, 0.05) is 15.6 Å². The molecule has 3 aromatic rings. The fourth-order valence-corrected chi connectivity index (χ4v) is 4.48. The Hall–Kier alpha value is -2.75. The van der Waals surface area contributed by atoms with E-state index >= 15 is 0 Å². The summed E-state index contributed by atoms with van der Waals surface area (Å²) in [5, 5.41) is 0. The number of aromatic nitrogens is 1. The number of anilines is 3. The van der Waals surface area contributed by atoms with Gasteiger partial charge in [-0.1, -0.05) is 30.3 Å². The molecule has 4 rings (SSSR count). The van der Waals surface area contributed by atoms with Crippen LogP contribution in [0.15, 0.2) is 48.7 Å². The summed E-state index contributed by atoms with van der Waals surface area (Å²) >= 11 is 0. The van der Waals surface area contributed by atoms with Crippen molar-refractivity contribution in [2.24, 2.45) is 7.05 Å². The standard InChI is InChI=1S/C24H29BN3/c1-16-10-8-11-17(2)23(16)25-27(7)21-13-9-12-18(3)24(21)28(25)22-14-19(4)20(5)15-26(22)6/h8-15H,1-7H3/q+1/i4D3. The van der Waals surface area contributed by atoms with Crippen LogP contribution in [-0.4, -0.2) is 14.0 Å². The number of fused-ring (bicyclic) bond motifs is 1. The maximum atomic E-state index is 8.06. The molecule has 0 bridgehead atoms. The van der Waals surface area contributed by atoms with Gasteiger partial charge in [-0.05, 0) is 75.5 Å². The predicted octanol–water partition coefficient (Wildman–Crippen LogP) is 4.04.